The number of halogens is 1. The first kappa shape index (κ1) is 46.5. The highest BCUT2D eigenvalue weighted by atomic mass is 35.5. The molecule has 8 rings (SSSR count). The number of fused-ring (bicyclic) bond motifs is 3. The lowest BCUT2D eigenvalue weighted by atomic mass is 10.0. The lowest BCUT2D eigenvalue weighted by molar-refractivity contribution is -0.141. The van der Waals surface area contributed by atoms with Crippen LogP contribution in [0.4, 0.5) is 4.79 Å². The number of allylic oxidation sites excluding steroid dienone is 1. The second-order valence-electron chi connectivity index (χ2n) is 19.4. The SMILES string of the molecule is CC(C)n1c(O[C@@H]2C[C@H]3C(=O)N[C@]4(C(=O)NS(=O)(=O)C5(C)CC5)C[C@@H]4/C=C\CCCCC[C@H](NC(=O)OC(C)(C)C)C(=O)N3C2)nc2c(-c3nc(Cc4cccc(Cl)c4)cs3)cccc21. The predicted octanol–water partition coefficient (Wildman–Crippen LogP) is 7.62. The number of carbonyl (C=O) groups excluding carboxylic acids is 4. The zero-order valence-corrected chi connectivity index (χ0v) is 40.1. The fourth-order valence-electron chi connectivity index (χ4n) is 8.76. The molecule has 3 fully saturated rings. The van der Waals surface area contributed by atoms with E-state index in [1.807, 2.05) is 78.4 Å². The van der Waals surface area contributed by atoms with Gasteiger partial charge in [0.2, 0.25) is 21.8 Å². The zero-order valence-electron chi connectivity index (χ0n) is 37.7. The molecule has 348 valence electrons. The van der Waals surface area contributed by atoms with Crippen LogP contribution in [0.15, 0.2) is 60.0 Å². The van der Waals surface area contributed by atoms with Crippen molar-refractivity contribution in [2.24, 2.45) is 5.92 Å². The Morgan fingerprint density at radius 1 is 1.08 bits per heavy atom. The molecular formula is C47H58ClN7O8S2. The van der Waals surface area contributed by atoms with Crippen LogP contribution >= 0.6 is 22.9 Å². The van der Waals surface area contributed by atoms with Crippen molar-refractivity contribution in [1.29, 1.82) is 0 Å². The van der Waals surface area contributed by atoms with E-state index in [-0.39, 0.29) is 25.4 Å². The smallest absolute Gasteiger partial charge is 0.408 e. The van der Waals surface area contributed by atoms with Crippen LogP contribution in [-0.2, 0) is 35.6 Å². The summed E-state index contributed by atoms with van der Waals surface area (Å²) < 4.78 is 42.1. The summed E-state index contributed by atoms with van der Waals surface area (Å²) in [6, 6.07) is 11.6. The molecule has 15 nitrogen and oxygen atoms in total. The summed E-state index contributed by atoms with van der Waals surface area (Å²) in [4.78, 5) is 68.1. The van der Waals surface area contributed by atoms with Crippen molar-refractivity contribution in [1.82, 2.24) is 34.8 Å². The first-order valence-corrected chi connectivity index (χ1v) is 25.2. The number of amides is 4. The highest BCUT2D eigenvalue weighted by molar-refractivity contribution is 7.91. The first-order valence-electron chi connectivity index (χ1n) is 22.5. The molecule has 4 aromatic rings. The maximum atomic E-state index is 14.8. The van der Waals surface area contributed by atoms with Crippen molar-refractivity contribution in [3.63, 3.8) is 0 Å². The Balaban J connectivity index is 1.11. The largest absolute Gasteiger partial charge is 0.459 e. The van der Waals surface area contributed by atoms with E-state index in [4.69, 9.17) is 31.0 Å². The van der Waals surface area contributed by atoms with E-state index >= 15 is 0 Å². The number of ether oxygens (including phenoxy) is 2. The number of hydrogen-bond acceptors (Lipinski definition) is 11. The molecular weight excluding hydrogens is 890 g/mol. The molecule has 2 saturated carbocycles. The van der Waals surface area contributed by atoms with Crippen LogP contribution in [0.3, 0.4) is 0 Å². The number of thiazole rings is 1. The molecule has 4 heterocycles. The lowest BCUT2D eigenvalue weighted by Crippen LogP contribution is -2.58. The number of nitrogens with zero attached hydrogens (tertiary/aromatic N) is 4. The predicted molar refractivity (Wildman–Crippen MR) is 249 cm³/mol. The third-order valence-electron chi connectivity index (χ3n) is 12.7. The molecule has 0 bridgehead atoms. The Labute approximate surface area is 389 Å². The van der Waals surface area contributed by atoms with Gasteiger partial charge in [-0.15, -0.1) is 11.3 Å². The molecule has 3 N–H and O–H groups in total. The quantitative estimate of drug-likeness (QED) is 0.133. The van der Waals surface area contributed by atoms with Crippen LogP contribution in [0, 0.1) is 5.92 Å². The van der Waals surface area contributed by atoms with Crippen molar-refractivity contribution in [3.8, 4) is 16.6 Å². The Bertz CT molecular complexity index is 2630. The van der Waals surface area contributed by atoms with Gasteiger partial charge in [0.1, 0.15) is 39.9 Å². The van der Waals surface area contributed by atoms with E-state index in [1.165, 1.54) is 16.2 Å². The minimum Gasteiger partial charge on any atom is -0.459 e. The molecule has 65 heavy (non-hydrogen) atoms. The van der Waals surface area contributed by atoms with Gasteiger partial charge < -0.3 is 25.0 Å². The topological polar surface area (TPSA) is 191 Å². The van der Waals surface area contributed by atoms with E-state index < -0.39 is 73.8 Å². The van der Waals surface area contributed by atoms with Crippen molar-refractivity contribution < 1.29 is 37.1 Å². The molecule has 5 atom stereocenters. The fourth-order valence-corrected chi connectivity index (χ4v) is 11.1. The number of imidazole rings is 1. The number of hydrogen-bond donors (Lipinski definition) is 3. The summed E-state index contributed by atoms with van der Waals surface area (Å²) in [5, 5.41) is 9.19. The Morgan fingerprint density at radius 3 is 2.57 bits per heavy atom. The number of para-hydroxylation sites is 1. The maximum Gasteiger partial charge on any atom is 0.408 e. The molecule has 1 saturated heterocycles. The molecule has 0 spiro atoms. The van der Waals surface area contributed by atoms with Crippen LogP contribution in [0.1, 0.15) is 117 Å². The average Bonchev–Trinajstić information content (AvgIpc) is 3.92. The summed E-state index contributed by atoms with van der Waals surface area (Å²) in [5.41, 5.74) is 1.90. The van der Waals surface area contributed by atoms with E-state index in [0.717, 1.165) is 40.2 Å². The minimum atomic E-state index is -4.02. The molecule has 2 aromatic carbocycles. The standard InChI is InChI=1S/C47H58ClN7O8S2/c1-28(2)55-36-19-13-17-34(40-49-32(27-64-40)23-29-14-12-16-31(48)22-29)38(36)51-43(55)62-33-24-37-39(56)52-47(42(58)53-65(60,61)46(6)20-21-46)25-30(47)15-10-8-7-9-11-18-35(41(57)54(37)26-33)50-44(59)63-45(3,4)5/h10,12-17,19,22,27-28,30,33,35,37H,7-9,11,18,20-21,23-26H2,1-6H3,(H,50,59)(H,52,56)(H,53,58)/b15-10-/t30-,33+,35-,37-,47+/m0/s1. The van der Waals surface area contributed by atoms with Crippen LogP contribution in [0.5, 0.6) is 6.01 Å². The molecule has 2 aromatic heterocycles. The van der Waals surface area contributed by atoms with Crippen molar-refractivity contribution in [2.75, 3.05) is 6.54 Å². The summed E-state index contributed by atoms with van der Waals surface area (Å²) in [6.07, 6.45) is 7.14. The Kier molecular flexibility index (Phi) is 12.9. The van der Waals surface area contributed by atoms with Crippen LogP contribution < -0.4 is 20.1 Å². The lowest BCUT2D eigenvalue weighted by Gasteiger charge is -2.30. The number of carbonyl (C=O) groups is 4. The molecule has 4 aliphatic rings. The number of sulfonamides is 1. The van der Waals surface area contributed by atoms with E-state index in [9.17, 15) is 27.6 Å². The van der Waals surface area contributed by atoms with Gasteiger partial charge >= 0.3 is 6.09 Å². The van der Waals surface area contributed by atoms with Crippen LogP contribution in [0.2, 0.25) is 5.02 Å². The van der Waals surface area contributed by atoms with Crippen molar-refractivity contribution >= 4 is 67.8 Å². The van der Waals surface area contributed by atoms with Gasteiger partial charge in [0.15, 0.2) is 0 Å². The van der Waals surface area contributed by atoms with Gasteiger partial charge in [0.25, 0.3) is 11.9 Å². The average molecular weight is 949 g/mol. The summed E-state index contributed by atoms with van der Waals surface area (Å²) >= 11 is 7.77. The monoisotopic (exact) mass is 947 g/mol. The number of benzene rings is 2. The molecule has 18 heteroatoms. The number of nitrogens with one attached hydrogen (secondary N) is 3. The summed E-state index contributed by atoms with van der Waals surface area (Å²) in [7, 11) is -4.02. The highest BCUT2D eigenvalue weighted by Crippen LogP contribution is 2.48. The first-order chi connectivity index (χ1) is 30.8. The van der Waals surface area contributed by atoms with E-state index in [2.05, 4.69) is 15.4 Å². The Hall–Kier alpha value is -5.00. The molecule has 4 amide bonds. The van der Waals surface area contributed by atoms with E-state index in [0.29, 0.717) is 55.1 Å². The normalized spacial score (nSPS) is 25.1. The number of rotatable bonds is 10. The third kappa shape index (κ3) is 10.1. The molecule has 0 unspecified atom stereocenters. The second kappa shape index (κ2) is 18.0. The summed E-state index contributed by atoms with van der Waals surface area (Å²) in [5.74, 6) is -2.39. The van der Waals surface area contributed by atoms with Gasteiger partial charge in [-0.25, -0.2) is 18.2 Å². The fraction of sp³-hybridized carbons (Fsp3) is 0.532. The van der Waals surface area contributed by atoms with Gasteiger partial charge in [-0.2, -0.15) is 4.98 Å². The van der Waals surface area contributed by atoms with Gasteiger partial charge in [0.05, 0.1) is 22.5 Å². The van der Waals surface area contributed by atoms with Gasteiger partial charge in [-0.3, -0.25) is 23.7 Å². The highest BCUT2D eigenvalue weighted by Gasteiger charge is 2.63. The van der Waals surface area contributed by atoms with E-state index in [1.54, 1.807) is 27.7 Å². The van der Waals surface area contributed by atoms with Crippen LogP contribution in [0.25, 0.3) is 21.6 Å². The number of alkyl carbamates (subject to hydrolysis) is 1. The van der Waals surface area contributed by atoms with Gasteiger partial charge in [-0.1, -0.05) is 54.8 Å². The second-order valence-corrected chi connectivity index (χ2v) is 22.9. The van der Waals surface area contributed by atoms with Crippen LogP contribution in [-0.4, -0.2) is 92.3 Å². The van der Waals surface area contributed by atoms with Gasteiger partial charge in [0, 0.05) is 40.8 Å². The Morgan fingerprint density at radius 2 is 1.85 bits per heavy atom. The van der Waals surface area contributed by atoms with Crippen molar-refractivity contribution in [3.05, 3.63) is 76.3 Å². The molecule has 0 radical (unpaired) electrons. The summed E-state index contributed by atoms with van der Waals surface area (Å²) in [6.45, 7) is 10.8. The minimum absolute atomic E-state index is 0.0266. The molecule has 2 aliphatic heterocycles. The number of aromatic nitrogens is 3. The van der Waals surface area contributed by atoms with Gasteiger partial charge in [-0.05, 0) is 110 Å². The maximum absolute atomic E-state index is 14.8. The van der Waals surface area contributed by atoms with Crippen molar-refractivity contribution in [2.45, 2.75) is 146 Å². The zero-order chi connectivity index (χ0) is 46.5. The molecule has 2 aliphatic carbocycles. The third-order valence-corrected chi connectivity index (χ3v) is 16.0.